The highest BCUT2D eigenvalue weighted by atomic mass is 19.1. The summed E-state index contributed by atoms with van der Waals surface area (Å²) in [5.74, 6) is -1.12. The van der Waals surface area contributed by atoms with E-state index in [9.17, 15) is 13.9 Å². The van der Waals surface area contributed by atoms with Crippen LogP contribution in [0.2, 0.25) is 0 Å². The molecule has 0 amide bonds. The van der Waals surface area contributed by atoms with Crippen molar-refractivity contribution in [1.29, 1.82) is 0 Å². The lowest BCUT2D eigenvalue weighted by atomic mass is 9.93. The van der Waals surface area contributed by atoms with Crippen LogP contribution in [0.15, 0.2) is 42.5 Å². The van der Waals surface area contributed by atoms with Gasteiger partial charge in [-0.15, -0.1) is 0 Å². The molecule has 1 fully saturated rings. The number of β-amino-alcohol motifs (C(OH)–C–C–N with tert-alkyl or cyclic N) is 1. The Morgan fingerprint density at radius 2 is 2.04 bits per heavy atom. The largest absolute Gasteiger partial charge is 0.387 e. The van der Waals surface area contributed by atoms with Crippen LogP contribution in [-0.2, 0) is 16.8 Å². The molecule has 2 atom stereocenters. The fourth-order valence-electron chi connectivity index (χ4n) is 4.09. The Morgan fingerprint density at radius 1 is 1.20 bits per heavy atom. The third kappa shape index (κ3) is 3.08. The van der Waals surface area contributed by atoms with Gasteiger partial charge in [-0.25, -0.2) is 8.78 Å². The topological polar surface area (TPSA) is 32.7 Å². The van der Waals surface area contributed by atoms with Gasteiger partial charge in [0.15, 0.2) is 0 Å². The Labute approximate surface area is 145 Å². The highest BCUT2D eigenvalue weighted by molar-refractivity contribution is 5.38. The maximum Gasteiger partial charge on any atom is 0.129 e. The number of aliphatic hydroxyl groups excluding tert-OH is 1. The Morgan fingerprint density at radius 3 is 2.92 bits per heavy atom. The zero-order chi connectivity index (χ0) is 17.4. The summed E-state index contributed by atoms with van der Waals surface area (Å²) in [5.41, 5.74) is 2.18. The molecule has 0 radical (unpaired) electrons. The van der Waals surface area contributed by atoms with E-state index in [2.05, 4.69) is 17.0 Å². The molecule has 1 N–H and O–H groups in total. The second-order valence-electron chi connectivity index (χ2n) is 6.92. The number of ether oxygens (including phenoxy) is 1. The van der Waals surface area contributed by atoms with Gasteiger partial charge in [-0.1, -0.05) is 24.3 Å². The molecular formula is C20H21F2NO2. The summed E-state index contributed by atoms with van der Waals surface area (Å²) in [6.45, 7) is 2.14. The summed E-state index contributed by atoms with van der Waals surface area (Å²) < 4.78 is 33.4. The maximum atomic E-state index is 13.9. The van der Waals surface area contributed by atoms with Crippen LogP contribution in [0.25, 0.3) is 0 Å². The van der Waals surface area contributed by atoms with E-state index in [1.54, 1.807) is 0 Å². The first-order valence-electron chi connectivity index (χ1n) is 8.65. The van der Waals surface area contributed by atoms with Crippen molar-refractivity contribution in [1.82, 2.24) is 4.90 Å². The second-order valence-corrected chi connectivity index (χ2v) is 6.92. The van der Waals surface area contributed by atoms with E-state index >= 15 is 0 Å². The van der Waals surface area contributed by atoms with E-state index in [4.69, 9.17) is 4.74 Å². The van der Waals surface area contributed by atoms with Crippen LogP contribution in [0.4, 0.5) is 8.78 Å². The molecule has 2 aromatic carbocycles. The maximum absolute atomic E-state index is 13.9. The van der Waals surface area contributed by atoms with Gasteiger partial charge in [-0.3, -0.25) is 4.90 Å². The van der Waals surface area contributed by atoms with Crippen molar-refractivity contribution >= 4 is 0 Å². The van der Waals surface area contributed by atoms with Gasteiger partial charge in [0.2, 0.25) is 0 Å². The first-order chi connectivity index (χ1) is 12.1. The Hall–Kier alpha value is -1.82. The van der Waals surface area contributed by atoms with Gasteiger partial charge in [-0.2, -0.15) is 0 Å². The first kappa shape index (κ1) is 16.6. The highest BCUT2D eigenvalue weighted by Gasteiger charge is 2.43. The van der Waals surface area contributed by atoms with E-state index in [1.807, 2.05) is 12.1 Å². The van der Waals surface area contributed by atoms with Gasteiger partial charge in [0.05, 0.1) is 12.7 Å². The molecule has 4 rings (SSSR count). The molecule has 25 heavy (non-hydrogen) atoms. The zero-order valence-corrected chi connectivity index (χ0v) is 13.9. The van der Waals surface area contributed by atoms with Crippen LogP contribution in [-0.4, -0.2) is 36.2 Å². The smallest absolute Gasteiger partial charge is 0.129 e. The van der Waals surface area contributed by atoms with E-state index in [-0.39, 0.29) is 17.7 Å². The van der Waals surface area contributed by atoms with Crippen molar-refractivity contribution in [2.45, 2.75) is 24.5 Å². The standard InChI is InChI=1S/C20H21F2NO2/c21-15-5-6-18(22)16(11-15)19(24)12-23-9-10-25-20(13-23)8-7-14-3-1-2-4-17(14)20/h1-6,11,19,24H,7-10,12-13H2. The van der Waals surface area contributed by atoms with Gasteiger partial charge < -0.3 is 9.84 Å². The van der Waals surface area contributed by atoms with Gasteiger partial charge >= 0.3 is 0 Å². The Balaban J connectivity index is 1.52. The quantitative estimate of drug-likeness (QED) is 0.927. The van der Waals surface area contributed by atoms with Crippen molar-refractivity contribution < 1.29 is 18.6 Å². The average molecular weight is 345 g/mol. The van der Waals surface area contributed by atoms with Crippen LogP contribution < -0.4 is 0 Å². The molecule has 0 saturated carbocycles. The molecule has 2 unspecified atom stereocenters. The van der Waals surface area contributed by atoms with E-state index in [1.165, 1.54) is 11.1 Å². The number of rotatable bonds is 3. The van der Waals surface area contributed by atoms with Crippen LogP contribution in [0.1, 0.15) is 29.2 Å². The van der Waals surface area contributed by atoms with Crippen molar-refractivity contribution in [3.63, 3.8) is 0 Å². The number of nitrogens with zero attached hydrogens (tertiary/aromatic N) is 1. The van der Waals surface area contributed by atoms with Crippen LogP contribution >= 0.6 is 0 Å². The molecule has 1 heterocycles. The summed E-state index contributed by atoms with van der Waals surface area (Å²) >= 11 is 0. The summed E-state index contributed by atoms with van der Waals surface area (Å²) in [5, 5.41) is 10.4. The minimum absolute atomic E-state index is 0.00682. The molecule has 132 valence electrons. The van der Waals surface area contributed by atoms with Crippen LogP contribution in [0, 0.1) is 11.6 Å². The molecule has 0 bridgehead atoms. The van der Waals surface area contributed by atoms with Gasteiger partial charge in [0, 0.05) is 25.2 Å². The van der Waals surface area contributed by atoms with Crippen LogP contribution in [0.3, 0.4) is 0 Å². The minimum atomic E-state index is -1.07. The molecule has 2 aliphatic rings. The number of morpholine rings is 1. The summed E-state index contributed by atoms with van der Waals surface area (Å²) in [6.07, 6.45) is 0.820. The lowest BCUT2D eigenvalue weighted by Gasteiger charge is -2.41. The number of halogens is 2. The lowest BCUT2D eigenvalue weighted by molar-refractivity contribution is -0.119. The Kier molecular flexibility index (Phi) is 4.31. The number of hydrogen-bond donors (Lipinski definition) is 1. The number of aryl methyl sites for hydroxylation is 1. The summed E-state index contributed by atoms with van der Waals surface area (Å²) in [6, 6.07) is 11.5. The fraction of sp³-hybridized carbons (Fsp3) is 0.400. The minimum Gasteiger partial charge on any atom is -0.387 e. The average Bonchev–Trinajstić information content (AvgIpc) is 2.95. The fourth-order valence-corrected chi connectivity index (χ4v) is 4.09. The molecule has 1 saturated heterocycles. The van der Waals surface area contributed by atoms with E-state index in [0.29, 0.717) is 19.7 Å². The molecule has 1 spiro atoms. The van der Waals surface area contributed by atoms with Crippen LogP contribution in [0.5, 0.6) is 0 Å². The number of fused-ring (bicyclic) bond motifs is 2. The Bertz CT molecular complexity index is 778. The summed E-state index contributed by atoms with van der Waals surface area (Å²) in [7, 11) is 0. The van der Waals surface area contributed by atoms with E-state index in [0.717, 1.165) is 31.0 Å². The zero-order valence-electron chi connectivity index (χ0n) is 13.9. The number of hydrogen-bond acceptors (Lipinski definition) is 3. The SMILES string of the molecule is OC(CN1CCOC2(CCc3ccccc32)C1)c1cc(F)ccc1F. The second kappa shape index (κ2) is 6.48. The molecule has 0 aromatic heterocycles. The third-order valence-corrected chi connectivity index (χ3v) is 5.32. The molecule has 2 aromatic rings. The molecule has 5 heteroatoms. The lowest BCUT2D eigenvalue weighted by Crippen LogP contribution is -2.49. The van der Waals surface area contributed by atoms with Crippen molar-refractivity contribution in [2.24, 2.45) is 0 Å². The van der Waals surface area contributed by atoms with Gasteiger partial charge in [0.25, 0.3) is 0 Å². The third-order valence-electron chi connectivity index (χ3n) is 5.32. The summed E-state index contributed by atoms with van der Waals surface area (Å²) in [4.78, 5) is 2.08. The number of benzene rings is 2. The molecular weight excluding hydrogens is 324 g/mol. The predicted molar refractivity (Wildman–Crippen MR) is 90.2 cm³/mol. The molecule has 3 nitrogen and oxygen atoms in total. The van der Waals surface area contributed by atoms with Gasteiger partial charge in [0.1, 0.15) is 17.2 Å². The van der Waals surface area contributed by atoms with Crippen molar-refractivity contribution in [2.75, 3.05) is 26.2 Å². The number of aliphatic hydroxyl groups is 1. The first-order valence-corrected chi connectivity index (χ1v) is 8.65. The molecule has 1 aliphatic heterocycles. The monoisotopic (exact) mass is 345 g/mol. The normalized spacial score (nSPS) is 24.4. The predicted octanol–water partition coefficient (Wildman–Crippen LogP) is 3.17. The highest BCUT2D eigenvalue weighted by Crippen LogP contribution is 2.42. The van der Waals surface area contributed by atoms with E-state index < -0.39 is 17.7 Å². The molecule has 1 aliphatic carbocycles. The van der Waals surface area contributed by atoms with Gasteiger partial charge in [-0.05, 0) is 42.2 Å². The van der Waals surface area contributed by atoms with Crippen molar-refractivity contribution in [3.8, 4) is 0 Å². The van der Waals surface area contributed by atoms with Crippen molar-refractivity contribution in [3.05, 3.63) is 70.8 Å².